The number of hydrogen-bond acceptors (Lipinski definition) is 3. The summed E-state index contributed by atoms with van der Waals surface area (Å²) >= 11 is 9.18. The normalized spacial score (nSPS) is 10.7. The van der Waals surface area contributed by atoms with Gasteiger partial charge in [-0.05, 0) is 35.0 Å². The number of halogens is 2. The minimum Gasteiger partial charge on any atom is -0.486 e. The molecular formula is C12H13BrClN3O. The molecule has 4 nitrogen and oxygen atoms in total. The predicted octanol–water partition coefficient (Wildman–Crippen LogP) is 3.20. The number of aromatic nitrogens is 3. The predicted molar refractivity (Wildman–Crippen MR) is 73.8 cm³/mol. The fourth-order valence-electron chi connectivity index (χ4n) is 1.56. The lowest BCUT2D eigenvalue weighted by molar-refractivity contribution is 0.293. The molecule has 0 spiro atoms. The van der Waals surface area contributed by atoms with E-state index in [2.05, 4.69) is 26.0 Å². The van der Waals surface area contributed by atoms with Gasteiger partial charge < -0.3 is 4.74 Å². The largest absolute Gasteiger partial charge is 0.486 e. The fraction of sp³-hybridized carbons (Fsp3) is 0.333. The molecule has 0 fully saturated rings. The van der Waals surface area contributed by atoms with Crippen LogP contribution in [0.5, 0.6) is 5.75 Å². The van der Waals surface area contributed by atoms with E-state index in [-0.39, 0.29) is 0 Å². The van der Waals surface area contributed by atoms with Crippen LogP contribution < -0.4 is 4.74 Å². The highest BCUT2D eigenvalue weighted by Crippen LogP contribution is 2.22. The quantitative estimate of drug-likeness (QED) is 0.808. The van der Waals surface area contributed by atoms with Gasteiger partial charge >= 0.3 is 0 Å². The van der Waals surface area contributed by atoms with Crippen LogP contribution in [0.15, 0.2) is 22.8 Å². The first kappa shape index (κ1) is 13.4. The zero-order chi connectivity index (χ0) is 13.1. The average molecular weight is 331 g/mol. The molecule has 0 amide bonds. The van der Waals surface area contributed by atoms with Crippen molar-refractivity contribution in [1.82, 2.24) is 14.8 Å². The third-order valence-corrected chi connectivity index (χ3v) is 3.88. The highest BCUT2D eigenvalue weighted by atomic mass is 79.9. The lowest BCUT2D eigenvalue weighted by Gasteiger charge is -2.07. The van der Waals surface area contributed by atoms with Crippen LogP contribution in [0.2, 0.25) is 0 Å². The van der Waals surface area contributed by atoms with Crippen molar-refractivity contribution in [3.05, 3.63) is 39.9 Å². The summed E-state index contributed by atoms with van der Waals surface area (Å²) in [6, 6.07) is 3.72. The Hall–Kier alpha value is -1.07. The van der Waals surface area contributed by atoms with E-state index in [0.717, 1.165) is 27.3 Å². The zero-order valence-corrected chi connectivity index (χ0v) is 12.5. The second-order valence-corrected chi connectivity index (χ2v) is 4.94. The summed E-state index contributed by atoms with van der Waals surface area (Å²) in [6.45, 7) is 2.39. The number of alkyl halides is 1. The number of pyridine rings is 1. The van der Waals surface area contributed by atoms with E-state index in [0.29, 0.717) is 12.5 Å². The Morgan fingerprint density at radius 1 is 1.44 bits per heavy atom. The maximum Gasteiger partial charge on any atom is 0.138 e. The summed E-state index contributed by atoms with van der Waals surface area (Å²) in [7, 11) is 1.89. The van der Waals surface area contributed by atoms with Crippen molar-refractivity contribution in [2.45, 2.75) is 19.4 Å². The van der Waals surface area contributed by atoms with E-state index in [1.165, 1.54) is 0 Å². The molecule has 0 unspecified atom stereocenters. The van der Waals surface area contributed by atoms with Crippen LogP contribution in [0.4, 0.5) is 0 Å². The molecular weight excluding hydrogens is 318 g/mol. The monoisotopic (exact) mass is 329 g/mol. The molecule has 2 heterocycles. The van der Waals surface area contributed by atoms with Crippen LogP contribution in [0.3, 0.4) is 0 Å². The summed E-state index contributed by atoms with van der Waals surface area (Å²) in [5.41, 5.74) is 2.78. The lowest BCUT2D eigenvalue weighted by atomic mass is 10.3. The van der Waals surface area contributed by atoms with Crippen LogP contribution in [-0.2, 0) is 19.5 Å². The Balaban J connectivity index is 2.06. The van der Waals surface area contributed by atoms with Crippen molar-refractivity contribution in [2.75, 3.05) is 0 Å². The summed E-state index contributed by atoms with van der Waals surface area (Å²) < 4.78 is 8.46. The van der Waals surface area contributed by atoms with Gasteiger partial charge in [0.05, 0.1) is 33.6 Å². The number of ether oxygens (including phenoxy) is 1. The summed E-state index contributed by atoms with van der Waals surface area (Å²) in [4.78, 5) is 4.17. The van der Waals surface area contributed by atoms with Gasteiger partial charge in [-0.15, -0.1) is 11.6 Å². The van der Waals surface area contributed by atoms with Gasteiger partial charge in [0.15, 0.2) is 0 Å². The molecule has 0 atom stereocenters. The van der Waals surface area contributed by atoms with E-state index >= 15 is 0 Å². The van der Waals surface area contributed by atoms with Gasteiger partial charge in [0.2, 0.25) is 0 Å². The minimum absolute atomic E-state index is 0.409. The molecule has 0 bridgehead atoms. The lowest BCUT2D eigenvalue weighted by Crippen LogP contribution is -2.04. The van der Waals surface area contributed by atoms with Gasteiger partial charge in [0, 0.05) is 7.05 Å². The molecule has 96 valence electrons. The molecule has 2 aromatic rings. The number of aryl methyl sites for hydroxylation is 2. The van der Waals surface area contributed by atoms with Crippen LogP contribution in [0.25, 0.3) is 0 Å². The molecule has 0 N–H and O–H groups in total. The van der Waals surface area contributed by atoms with Crippen LogP contribution in [0, 0.1) is 6.92 Å². The number of hydrogen-bond donors (Lipinski definition) is 0. The second kappa shape index (κ2) is 5.71. The molecule has 0 radical (unpaired) electrons. The molecule has 18 heavy (non-hydrogen) atoms. The Kier molecular flexibility index (Phi) is 4.24. The first-order chi connectivity index (χ1) is 8.61. The molecule has 6 heteroatoms. The molecule has 2 rings (SSSR count). The Morgan fingerprint density at radius 3 is 2.72 bits per heavy atom. The summed E-state index contributed by atoms with van der Waals surface area (Å²) in [6.07, 6.45) is 1.68. The number of rotatable bonds is 4. The molecule has 0 saturated heterocycles. The first-order valence-electron chi connectivity index (χ1n) is 5.43. The summed E-state index contributed by atoms with van der Waals surface area (Å²) in [5.74, 6) is 1.13. The van der Waals surface area contributed by atoms with Gasteiger partial charge in [0.25, 0.3) is 0 Å². The van der Waals surface area contributed by atoms with Crippen LogP contribution in [0.1, 0.15) is 17.1 Å². The van der Waals surface area contributed by atoms with E-state index in [1.54, 1.807) is 10.9 Å². The minimum atomic E-state index is 0.409. The van der Waals surface area contributed by atoms with Crippen molar-refractivity contribution in [2.24, 2.45) is 7.05 Å². The van der Waals surface area contributed by atoms with Crippen molar-refractivity contribution in [1.29, 1.82) is 0 Å². The van der Waals surface area contributed by atoms with Crippen LogP contribution in [-0.4, -0.2) is 14.8 Å². The standard InChI is InChI=1S/C12H13BrClN3O/c1-8-12(13)11(17(2)16-8)7-18-10-4-3-9(5-14)15-6-10/h3-4,6H,5,7H2,1-2H3. The first-order valence-corrected chi connectivity index (χ1v) is 6.76. The molecule has 0 aliphatic carbocycles. The third-order valence-electron chi connectivity index (χ3n) is 2.57. The van der Waals surface area contributed by atoms with Crippen molar-refractivity contribution < 1.29 is 4.74 Å². The van der Waals surface area contributed by atoms with Gasteiger partial charge in [-0.25, -0.2) is 0 Å². The molecule has 0 saturated carbocycles. The number of nitrogens with zero attached hydrogens (tertiary/aromatic N) is 3. The van der Waals surface area contributed by atoms with E-state index in [4.69, 9.17) is 16.3 Å². The van der Waals surface area contributed by atoms with E-state index in [9.17, 15) is 0 Å². The Bertz CT molecular complexity index is 539. The van der Waals surface area contributed by atoms with E-state index < -0.39 is 0 Å². The van der Waals surface area contributed by atoms with Crippen molar-refractivity contribution in [3.8, 4) is 5.75 Å². The maximum absolute atomic E-state index is 5.68. The average Bonchev–Trinajstić information content (AvgIpc) is 2.62. The third kappa shape index (κ3) is 2.84. The Morgan fingerprint density at radius 2 is 2.22 bits per heavy atom. The fourth-order valence-corrected chi connectivity index (χ4v) is 2.17. The highest BCUT2D eigenvalue weighted by Gasteiger charge is 2.11. The smallest absolute Gasteiger partial charge is 0.138 e. The second-order valence-electron chi connectivity index (χ2n) is 3.88. The topological polar surface area (TPSA) is 39.9 Å². The molecule has 0 aromatic carbocycles. The van der Waals surface area contributed by atoms with Gasteiger partial charge in [0.1, 0.15) is 12.4 Å². The van der Waals surface area contributed by atoms with Gasteiger partial charge in [-0.1, -0.05) is 0 Å². The van der Waals surface area contributed by atoms with Crippen LogP contribution >= 0.6 is 27.5 Å². The maximum atomic E-state index is 5.68. The van der Waals surface area contributed by atoms with Crippen molar-refractivity contribution in [3.63, 3.8) is 0 Å². The van der Waals surface area contributed by atoms with Gasteiger partial charge in [-0.2, -0.15) is 5.10 Å². The van der Waals surface area contributed by atoms with Gasteiger partial charge in [-0.3, -0.25) is 9.67 Å². The molecule has 0 aliphatic heterocycles. The van der Waals surface area contributed by atoms with E-state index in [1.807, 2.05) is 26.1 Å². The molecule has 2 aromatic heterocycles. The van der Waals surface area contributed by atoms with Crippen molar-refractivity contribution >= 4 is 27.5 Å². The SMILES string of the molecule is Cc1nn(C)c(COc2ccc(CCl)nc2)c1Br. The highest BCUT2D eigenvalue weighted by molar-refractivity contribution is 9.10. The Labute approximate surface area is 119 Å². The zero-order valence-electron chi connectivity index (χ0n) is 10.2. The molecule has 0 aliphatic rings. The summed E-state index contributed by atoms with van der Waals surface area (Å²) in [5, 5.41) is 4.31.